The van der Waals surface area contributed by atoms with E-state index in [0.717, 1.165) is 21.8 Å². The Hall–Kier alpha value is -3.58. The molecule has 0 aliphatic carbocycles. The van der Waals surface area contributed by atoms with Gasteiger partial charge in [-0.25, -0.2) is 4.79 Å². The van der Waals surface area contributed by atoms with Crippen molar-refractivity contribution >= 4 is 29.0 Å². The average molecular weight is 600 g/mol. The van der Waals surface area contributed by atoms with Gasteiger partial charge in [0.05, 0.1) is 23.8 Å². The molecule has 1 fully saturated rings. The molecule has 1 unspecified atom stereocenters. The summed E-state index contributed by atoms with van der Waals surface area (Å²) in [4.78, 5) is 30.3. The Labute approximate surface area is 236 Å². The number of rotatable bonds is 9. The maximum absolute atomic E-state index is 13.6. The number of amides is 3. The van der Waals surface area contributed by atoms with Crippen molar-refractivity contribution in [3.8, 4) is 0 Å². The molecule has 4 rings (SSSR count). The van der Waals surface area contributed by atoms with E-state index in [1.165, 1.54) is 11.3 Å². The molecule has 1 atom stereocenters. The lowest BCUT2D eigenvalue weighted by atomic mass is 10.1. The Balaban J connectivity index is 1.58. The number of carbonyl (C=O) groups excluding carboxylic acids is 2. The van der Waals surface area contributed by atoms with Crippen LogP contribution in [0.5, 0.6) is 0 Å². The molecule has 1 aliphatic heterocycles. The number of nitrogens with zero attached hydrogens (tertiary/aromatic N) is 2. The van der Waals surface area contributed by atoms with Gasteiger partial charge in [0.15, 0.2) is 0 Å². The Morgan fingerprint density at radius 1 is 0.902 bits per heavy atom. The van der Waals surface area contributed by atoms with Crippen molar-refractivity contribution < 1.29 is 40.7 Å². The van der Waals surface area contributed by atoms with E-state index in [0.29, 0.717) is 25.2 Å². The molecule has 3 amide bonds. The first-order valence-electron chi connectivity index (χ1n) is 12.7. The van der Waals surface area contributed by atoms with Crippen molar-refractivity contribution in [2.75, 3.05) is 25.0 Å². The summed E-state index contributed by atoms with van der Waals surface area (Å²) in [5.41, 5.74) is -2.97. The minimum Gasteiger partial charge on any atom is -0.376 e. The van der Waals surface area contributed by atoms with Gasteiger partial charge in [-0.3, -0.25) is 4.79 Å². The number of nitrogens with one attached hydrogen (secondary N) is 1. The molecule has 6 nitrogen and oxygen atoms in total. The van der Waals surface area contributed by atoms with Crippen LogP contribution in [0.1, 0.15) is 34.4 Å². The van der Waals surface area contributed by atoms with E-state index in [1.807, 2.05) is 47.8 Å². The van der Waals surface area contributed by atoms with Crippen LogP contribution in [0.3, 0.4) is 0 Å². The van der Waals surface area contributed by atoms with Crippen LogP contribution in [0, 0.1) is 0 Å². The number of hydrogen-bond donors (Lipinski definition) is 1. The van der Waals surface area contributed by atoms with Crippen molar-refractivity contribution in [2.24, 2.45) is 0 Å². The van der Waals surface area contributed by atoms with Crippen molar-refractivity contribution in [3.05, 3.63) is 87.6 Å². The second-order valence-corrected chi connectivity index (χ2v) is 10.6. The van der Waals surface area contributed by atoms with Gasteiger partial charge in [0, 0.05) is 30.3 Å². The second-order valence-electron chi connectivity index (χ2n) is 9.56. The lowest BCUT2D eigenvalue weighted by Gasteiger charge is -2.29. The third-order valence-corrected chi connectivity index (χ3v) is 7.26. The minimum atomic E-state index is -5.08. The predicted molar refractivity (Wildman–Crippen MR) is 141 cm³/mol. The molecule has 1 aromatic heterocycles. The van der Waals surface area contributed by atoms with Gasteiger partial charge in [0.1, 0.15) is 6.54 Å². The fraction of sp³-hybridized carbons (Fsp3) is 0.357. The number of anilines is 1. The molecule has 0 radical (unpaired) electrons. The molecule has 1 aliphatic rings. The van der Waals surface area contributed by atoms with Gasteiger partial charge in [0.2, 0.25) is 5.91 Å². The SMILES string of the molecule is O=C(CN(CC1CCCO1)C(=O)Nc1cc(C(F)(F)F)cc(C(F)(F)F)c1)N(Cc1ccccc1)Cc1cccs1. The van der Waals surface area contributed by atoms with Crippen LogP contribution in [-0.4, -0.2) is 47.5 Å². The number of carbonyl (C=O) groups is 2. The maximum Gasteiger partial charge on any atom is 0.416 e. The molecular weight excluding hydrogens is 572 g/mol. The van der Waals surface area contributed by atoms with Crippen molar-refractivity contribution in [1.82, 2.24) is 9.80 Å². The first-order valence-corrected chi connectivity index (χ1v) is 13.6. The molecule has 220 valence electrons. The van der Waals surface area contributed by atoms with E-state index in [2.05, 4.69) is 5.32 Å². The normalized spacial score (nSPS) is 15.5. The number of benzene rings is 2. The molecule has 41 heavy (non-hydrogen) atoms. The van der Waals surface area contributed by atoms with E-state index < -0.39 is 53.8 Å². The summed E-state index contributed by atoms with van der Waals surface area (Å²) >= 11 is 1.45. The number of hydrogen-bond acceptors (Lipinski definition) is 4. The van der Waals surface area contributed by atoms with Gasteiger partial charge in [-0.2, -0.15) is 26.3 Å². The van der Waals surface area contributed by atoms with E-state index in [-0.39, 0.29) is 25.7 Å². The summed E-state index contributed by atoms with van der Waals surface area (Å²) in [6, 6.07) is 12.7. The van der Waals surface area contributed by atoms with Crippen LogP contribution in [0.4, 0.5) is 36.8 Å². The summed E-state index contributed by atoms with van der Waals surface area (Å²) in [7, 11) is 0. The summed E-state index contributed by atoms with van der Waals surface area (Å²) in [5, 5.41) is 4.01. The van der Waals surface area contributed by atoms with Gasteiger partial charge in [0.25, 0.3) is 0 Å². The van der Waals surface area contributed by atoms with Crippen molar-refractivity contribution in [3.63, 3.8) is 0 Å². The average Bonchev–Trinajstić information content (AvgIpc) is 3.62. The van der Waals surface area contributed by atoms with E-state index >= 15 is 0 Å². The van der Waals surface area contributed by atoms with Gasteiger partial charge in [-0.1, -0.05) is 36.4 Å². The summed E-state index contributed by atoms with van der Waals surface area (Å²) in [5.74, 6) is -0.449. The molecule has 0 bridgehead atoms. The van der Waals surface area contributed by atoms with Crippen LogP contribution in [0.15, 0.2) is 66.0 Å². The van der Waals surface area contributed by atoms with E-state index in [1.54, 1.807) is 4.90 Å². The number of halogens is 6. The zero-order chi connectivity index (χ0) is 29.6. The highest BCUT2D eigenvalue weighted by Crippen LogP contribution is 2.37. The second kappa shape index (κ2) is 12.9. The first kappa shape index (κ1) is 30.4. The lowest BCUT2D eigenvalue weighted by molar-refractivity contribution is -0.143. The van der Waals surface area contributed by atoms with Crippen LogP contribution in [0.25, 0.3) is 0 Å². The van der Waals surface area contributed by atoms with Crippen LogP contribution in [0.2, 0.25) is 0 Å². The van der Waals surface area contributed by atoms with Crippen molar-refractivity contribution in [1.29, 1.82) is 0 Å². The molecular formula is C28H27F6N3O3S. The monoisotopic (exact) mass is 599 g/mol. The van der Waals surface area contributed by atoms with Crippen LogP contribution >= 0.6 is 11.3 Å². The molecule has 0 saturated carbocycles. The van der Waals surface area contributed by atoms with E-state index in [9.17, 15) is 35.9 Å². The number of urea groups is 1. The van der Waals surface area contributed by atoms with Gasteiger partial charge in [-0.15, -0.1) is 11.3 Å². The molecule has 2 aromatic carbocycles. The quantitative estimate of drug-likeness (QED) is 0.269. The highest BCUT2D eigenvalue weighted by atomic mass is 32.1. The number of alkyl halides is 6. The highest BCUT2D eigenvalue weighted by Gasteiger charge is 2.37. The molecule has 0 spiro atoms. The van der Waals surface area contributed by atoms with Gasteiger partial charge >= 0.3 is 18.4 Å². The lowest BCUT2D eigenvalue weighted by Crippen LogP contribution is -2.46. The third kappa shape index (κ3) is 8.70. The van der Waals surface area contributed by atoms with Crippen LogP contribution < -0.4 is 5.32 Å². The smallest absolute Gasteiger partial charge is 0.376 e. The molecule has 1 saturated heterocycles. The standard InChI is InChI=1S/C28H27F6N3O3S/c29-27(30,31)20-12-21(28(32,33)34)14-22(13-20)35-26(39)37(16-23-8-4-10-40-23)18-25(38)36(17-24-9-5-11-41-24)15-19-6-2-1-3-7-19/h1-3,5-7,9,11-14,23H,4,8,10,15-18H2,(H,35,39). The van der Waals surface area contributed by atoms with E-state index in [4.69, 9.17) is 4.74 Å². The van der Waals surface area contributed by atoms with Crippen LogP contribution in [-0.2, 0) is 35.0 Å². The fourth-order valence-corrected chi connectivity index (χ4v) is 5.09. The topological polar surface area (TPSA) is 61.9 Å². The minimum absolute atomic E-state index is 0.0185. The predicted octanol–water partition coefficient (Wildman–Crippen LogP) is 7.03. The first-order chi connectivity index (χ1) is 19.4. The zero-order valence-corrected chi connectivity index (χ0v) is 22.5. The zero-order valence-electron chi connectivity index (χ0n) is 21.7. The summed E-state index contributed by atoms with van der Waals surface area (Å²) < 4.78 is 85.6. The fourth-order valence-electron chi connectivity index (χ4n) is 4.37. The maximum atomic E-state index is 13.6. The summed E-state index contributed by atoms with van der Waals surface area (Å²) in [6.45, 7) is 0.393. The Morgan fingerprint density at radius 3 is 2.15 bits per heavy atom. The Morgan fingerprint density at radius 2 is 1.59 bits per heavy atom. The molecule has 3 aromatic rings. The number of ether oxygens (including phenoxy) is 1. The van der Waals surface area contributed by atoms with Gasteiger partial charge in [-0.05, 0) is 48.1 Å². The molecule has 1 N–H and O–H groups in total. The Bertz CT molecular complexity index is 1280. The third-order valence-electron chi connectivity index (χ3n) is 6.40. The summed E-state index contributed by atoms with van der Waals surface area (Å²) in [6.07, 6.45) is -9.28. The Kier molecular flexibility index (Phi) is 9.59. The van der Waals surface area contributed by atoms with Crippen molar-refractivity contribution in [2.45, 2.75) is 44.4 Å². The highest BCUT2D eigenvalue weighted by molar-refractivity contribution is 7.09. The molecule has 13 heteroatoms. The van der Waals surface area contributed by atoms with Gasteiger partial charge < -0.3 is 19.9 Å². The largest absolute Gasteiger partial charge is 0.416 e. The molecule has 2 heterocycles. The number of thiophene rings is 1.